The highest BCUT2D eigenvalue weighted by Gasteiger charge is 2.19. The number of hydrogen-bond acceptors (Lipinski definition) is 4. The molecule has 1 fully saturated rings. The fourth-order valence-corrected chi connectivity index (χ4v) is 2.74. The third kappa shape index (κ3) is 2.98. The Labute approximate surface area is 113 Å². The van der Waals surface area contributed by atoms with Crippen molar-refractivity contribution < 1.29 is 4.74 Å². The second-order valence-corrected chi connectivity index (χ2v) is 5.41. The van der Waals surface area contributed by atoms with Crippen LogP contribution in [-0.4, -0.2) is 37.4 Å². The Morgan fingerprint density at radius 1 is 1.39 bits per heavy atom. The van der Waals surface area contributed by atoms with Gasteiger partial charge >= 0.3 is 0 Å². The molecule has 0 aliphatic carbocycles. The molecule has 0 radical (unpaired) electrons. The molecule has 1 aliphatic heterocycles. The van der Waals surface area contributed by atoms with Gasteiger partial charge in [0.15, 0.2) is 0 Å². The molecule has 1 aromatic rings. The maximum absolute atomic E-state index is 9.25. The predicted molar refractivity (Wildman–Crippen MR) is 74.1 cm³/mol. The van der Waals surface area contributed by atoms with Crippen molar-refractivity contribution in [2.45, 2.75) is 23.8 Å². The lowest BCUT2D eigenvalue weighted by Crippen LogP contribution is -2.35. The zero-order valence-electron chi connectivity index (χ0n) is 10.8. The summed E-state index contributed by atoms with van der Waals surface area (Å²) < 4.78 is 6.01. The van der Waals surface area contributed by atoms with E-state index in [-0.39, 0.29) is 6.10 Å². The molecule has 0 aromatic heterocycles. The van der Waals surface area contributed by atoms with Gasteiger partial charge < -0.3 is 9.64 Å². The molecule has 3 nitrogen and oxygen atoms in total. The van der Waals surface area contributed by atoms with E-state index in [0.29, 0.717) is 5.56 Å². The topological polar surface area (TPSA) is 36.3 Å². The monoisotopic (exact) mass is 262 g/mol. The number of rotatable bonds is 3. The summed E-state index contributed by atoms with van der Waals surface area (Å²) in [5, 5.41) is 9.25. The van der Waals surface area contributed by atoms with Crippen LogP contribution in [0, 0.1) is 11.3 Å². The Morgan fingerprint density at radius 2 is 2.11 bits per heavy atom. The van der Waals surface area contributed by atoms with Crippen molar-refractivity contribution >= 4 is 11.8 Å². The third-order valence-electron chi connectivity index (χ3n) is 3.28. The molecule has 1 heterocycles. The van der Waals surface area contributed by atoms with Gasteiger partial charge in [-0.3, -0.25) is 0 Å². The molecular weight excluding hydrogens is 244 g/mol. The molecule has 0 spiro atoms. The summed E-state index contributed by atoms with van der Waals surface area (Å²) in [7, 11) is 2.13. The van der Waals surface area contributed by atoms with Gasteiger partial charge in [0.25, 0.3) is 0 Å². The molecule has 0 N–H and O–H groups in total. The van der Waals surface area contributed by atoms with Crippen LogP contribution in [-0.2, 0) is 0 Å². The number of benzene rings is 1. The minimum Gasteiger partial charge on any atom is -0.489 e. The lowest BCUT2D eigenvalue weighted by molar-refractivity contribution is 0.114. The first-order valence-electron chi connectivity index (χ1n) is 6.17. The quantitative estimate of drug-likeness (QED) is 0.785. The van der Waals surface area contributed by atoms with Crippen LogP contribution in [0.4, 0.5) is 0 Å². The number of likely N-dealkylation sites (tertiary alicyclic amines) is 1. The average molecular weight is 262 g/mol. The molecule has 0 bridgehead atoms. The van der Waals surface area contributed by atoms with Crippen LogP contribution in [0.25, 0.3) is 0 Å². The smallest absolute Gasteiger partial charge is 0.138 e. The van der Waals surface area contributed by atoms with Gasteiger partial charge in [-0.1, -0.05) is 6.07 Å². The van der Waals surface area contributed by atoms with Crippen LogP contribution in [0.5, 0.6) is 5.75 Å². The first-order chi connectivity index (χ1) is 8.74. The van der Waals surface area contributed by atoms with Crippen molar-refractivity contribution in [2.24, 2.45) is 0 Å². The molecule has 0 amide bonds. The van der Waals surface area contributed by atoms with Crippen molar-refractivity contribution in [2.75, 3.05) is 26.4 Å². The van der Waals surface area contributed by atoms with Crippen LogP contribution in [0.1, 0.15) is 18.4 Å². The molecule has 1 aliphatic rings. The first kappa shape index (κ1) is 13.3. The molecule has 1 saturated heterocycles. The van der Waals surface area contributed by atoms with Crippen molar-refractivity contribution in [3.63, 3.8) is 0 Å². The van der Waals surface area contributed by atoms with Crippen LogP contribution < -0.4 is 4.74 Å². The van der Waals surface area contributed by atoms with E-state index >= 15 is 0 Å². The highest BCUT2D eigenvalue weighted by molar-refractivity contribution is 7.98. The fourth-order valence-electron chi connectivity index (χ4n) is 2.17. The number of nitriles is 1. The van der Waals surface area contributed by atoms with E-state index in [1.807, 2.05) is 24.5 Å². The summed E-state index contributed by atoms with van der Waals surface area (Å²) in [5.41, 5.74) is 0.670. The maximum Gasteiger partial charge on any atom is 0.138 e. The van der Waals surface area contributed by atoms with Gasteiger partial charge in [-0.2, -0.15) is 5.26 Å². The summed E-state index contributed by atoms with van der Waals surface area (Å²) in [6, 6.07) is 8.07. The van der Waals surface area contributed by atoms with E-state index in [0.717, 1.165) is 36.6 Å². The summed E-state index contributed by atoms with van der Waals surface area (Å²) in [5.74, 6) is 0.735. The maximum atomic E-state index is 9.25. The lowest BCUT2D eigenvalue weighted by Gasteiger charge is -2.29. The normalized spacial score (nSPS) is 17.4. The van der Waals surface area contributed by atoms with E-state index in [9.17, 15) is 5.26 Å². The number of ether oxygens (including phenoxy) is 1. The Kier molecular flexibility index (Phi) is 4.51. The molecule has 4 heteroatoms. The van der Waals surface area contributed by atoms with Gasteiger partial charge in [-0.05, 0) is 38.3 Å². The summed E-state index contributed by atoms with van der Waals surface area (Å²) >= 11 is 1.59. The van der Waals surface area contributed by atoms with Gasteiger partial charge in [-0.15, -0.1) is 11.8 Å². The zero-order chi connectivity index (χ0) is 13.0. The van der Waals surface area contributed by atoms with Gasteiger partial charge in [0.2, 0.25) is 0 Å². The lowest BCUT2D eigenvalue weighted by atomic mass is 10.1. The van der Waals surface area contributed by atoms with E-state index < -0.39 is 0 Å². The minimum absolute atomic E-state index is 0.241. The standard InChI is InChI=1S/C14H18N2OS/c1-16-8-6-11(7-9-16)17-13-4-3-5-14(18-2)12(13)10-15/h3-5,11H,6-9H2,1-2H3. The molecule has 2 rings (SSSR count). The van der Waals surface area contributed by atoms with Crippen LogP contribution in [0.2, 0.25) is 0 Å². The average Bonchev–Trinajstić information content (AvgIpc) is 2.41. The minimum atomic E-state index is 0.241. The van der Waals surface area contributed by atoms with Crippen molar-refractivity contribution in [1.82, 2.24) is 4.90 Å². The number of hydrogen-bond donors (Lipinski definition) is 0. The molecule has 18 heavy (non-hydrogen) atoms. The first-order valence-corrected chi connectivity index (χ1v) is 7.39. The molecule has 0 atom stereocenters. The third-order valence-corrected chi connectivity index (χ3v) is 4.06. The van der Waals surface area contributed by atoms with Crippen LogP contribution in [0.3, 0.4) is 0 Å². The summed E-state index contributed by atoms with van der Waals surface area (Å²) in [6.45, 7) is 2.13. The second-order valence-electron chi connectivity index (χ2n) is 4.57. The van der Waals surface area contributed by atoms with Crippen LogP contribution in [0.15, 0.2) is 23.1 Å². The Hall–Kier alpha value is -1.18. The highest BCUT2D eigenvalue weighted by Crippen LogP contribution is 2.29. The SMILES string of the molecule is CSc1cccc(OC2CCN(C)CC2)c1C#N. The number of piperidine rings is 1. The van der Waals surface area contributed by atoms with Crippen molar-refractivity contribution in [3.8, 4) is 11.8 Å². The van der Waals surface area contributed by atoms with E-state index in [4.69, 9.17) is 4.74 Å². The second kappa shape index (κ2) is 6.12. The van der Waals surface area contributed by atoms with Crippen molar-refractivity contribution in [3.05, 3.63) is 23.8 Å². The van der Waals surface area contributed by atoms with Gasteiger partial charge in [0.1, 0.15) is 23.5 Å². The Morgan fingerprint density at radius 3 is 2.72 bits per heavy atom. The zero-order valence-corrected chi connectivity index (χ0v) is 11.7. The van der Waals surface area contributed by atoms with Gasteiger partial charge in [0.05, 0.1) is 0 Å². The van der Waals surface area contributed by atoms with Gasteiger partial charge in [-0.25, -0.2) is 0 Å². The van der Waals surface area contributed by atoms with E-state index in [1.165, 1.54) is 0 Å². The van der Waals surface area contributed by atoms with Gasteiger partial charge in [0, 0.05) is 18.0 Å². The fraction of sp³-hybridized carbons (Fsp3) is 0.500. The number of thioether (sulfide) groups is 1. The van der Waals surface area contributed by atoms with Crippen LogP contribution >= 0.6 is 11.8 Å². The van der Waals surface area contributed by atoms with E-state index in [1.54, 1.807) is 11.8 Å². The molecule has 1 aromatic carbocycles. The summed E-state index contributed by atoms with van der Waals surface area (Å²) in [6.07, 6.45) is 4.29. The predicted octanol–water partition coefficient (Wildman–Crippen LogP) is 2.75. The molecule has 0 unspecified atom stereocenters. The van der Waals surface area contributed by atoms with Crippen molar-refractivity contribution in [1.29, 1.82) is 5.26 Å². The largest absolute Gasteiger partial charge is 0.489 e. The molecule has 96 valence electrons. The molecular formula is C14H18N2OS. The molecule has 0 saturated carbocycles. The Balaban J connectivity index is 2.12. The highest BCUT2D eigenvalue weighted by atomic mass is 32.2. The number of nitrogens with zero attached hydrogens (tertiary/aromatic N) is 2. The Bertz CT molecular complexity index is 448. The summed E-state index contributed by atoms with van der Waals surface area (Å²) in [4.78, 5) is 3.30. The van der Waals surface area contributed by atoms with E-state index in [2.05, 4.69) is 18.0 Å².